The van der Waals surface area contributed by atoms with Gasteiger partial charge in [0.05, 0.1) is 6.54 Å². The van der Waals surface area contributed by atoms with Gasteiger partial charge in [-0.1, -0.05) is 31.4 Å². The first kappa shape index (κ1) is 23.7. The molecule has 166 valence electrons. The molecule has 30 heavy (non-hydrogen) atoms. The largest absolute Gasteiger partial charge is 0.357 e. The number of aliphatic imine (C=N–C) groups is 1. The quantitative estimate of drug-likeness (QED) is 0.329. The lowest BCUT2D eigenvalue weighted by Gasteiger charge is -2.20. The summed E-state index contributed by atoms with van der Waals surface area (Å²) in [4.78, 5) is 30.2. The summed E-state index contributed by atoms with van der Waals surface area (Å²) >= 11 is 0. The van der Waals surface area contributed by atoms with Crippen molar-refractivity contribution in [1.29, 1.82) is 0 Å². The first-order valence-electron chi connectivity index (χ1n) is 11.1. The second-order valence-corrected chi connectivity index (χ2v) is 8.08. The lowest BCUT2D eigenvalue weighted by molar-refractivity contribution is -0.122. The molecule has 3 N–H and O–H groups in total. The summed E-state index contributed by atoms with van der Waals surface area (Å²) in [6.45, 7) is 4.50. The van der Waals surface area contributed by atoms with E-state index >= 15 is 0 Å². The highest BCUT2D eigenvalue weighted by atomic mass is 16.2. The zero-order valence-electron chi connectivity index (χ0n) is 18.7. The first-order valence-corrected chi connectivity index (χ1v) is 11.1. The number of nitrogens with zero attached hydrogens (tertiary/aromatic N) is 2. The van der Waals surface area contributed by atoms with Crippen LogP contribution in [0.15, 0.2) is 29.3 Å². The van der Waals surface area contributed by atoms with Crippen molar-refractivity contribution in [2.75, 3.05) is 33.7 Å². The van der Waals surface area contributed by atoms with Crippen LogP contribution in [0.5, 0.6) is 0 Å². The van der Waals surface area contributed by atoms with Crippen molar-refractivity contribution < 1.29 is 9.59 Å². The van der Waals surface area contributed by atoms with Crippen molar-refractivity contribution >= 4 is 17.8 Å². The molecule has 7 nitrogen and oxygen atoms in total. The van der Waals surface area contributed by atoms with Gasteiger partial charge in [0.1, 0.15) is 0 Å². The Morgan fingerprint density at radius 2 is 1.67 bits per heavy atom. The topological polar surface area (TPSA) is 85.8 Å². The Bertz CT molecular complexity index is 694. The minimum Gasteiger partial charge on any atom is -0.357 e. The second kappa shape index (κ2) is 12.9. The van der Waals surface area contributed by atoms with E-state index in [1.54, 1.807) is 19.0 Å². The predicted molar refractivity (Wildman–Crippen MR) is 121 cm³/mol. The zero-order valence-corrected chi connectivity index (χ0v) is 18.7. The van der Waals surface area contributed by atoms with Crippen molar-refractivity contribution in [2.45, 2.75) is 52.0 Å². The molecule has 7 heteroatoms. The summed E-state index contributed by atoms with van der Waals surface area (Å²) in [5, 5.41) is 9.48. The Balaban J connectivity index is 1.74. The number of hydrogen-bond acceptors (Lipinski definition) is 3. The summed E-state index contributed by atoms with van der Waals surface area (Å²) in [7, 11) is 3.49. The fourth-order valence-corrected chi connectivity index (χ4v) is 3.63. The van der Waals surface area contributed by atoms with Gasteiger partial charge in [-0.25, -0.2) is 4.99 Å². The summed E-state index contributed by atoms with van der Waals surface area (Å²) < 4.78 is 0. The standard InChI is InChI=1S/C23H37N5O2/c1-4-24-23(26-15-14-25-21(29)16-18-8-6-5-7-9-18)27-17-19-10-12-20(13-11-19)22(30)28(2)3/h10-13,18H,4-9,14-17H2,1-3H3,(H,25,29)(H2,24,26,27). The highest BCUT2D eigenvalue weighted by Crippen LogP contribution is 2.25. The van der Waals surface area contributed by atoms with E-state index in [2.05, 4.69) is 20.9 Å². The maximum absolute atomic E-state index is 12.1. The normalized spacial score (nSPS) is 14.8. The molecule has 2 amide bonds. The van der Waals surface area contributed by atoms with Crippen molar-refractivity contribution in [3.63, 3.8) is 0 Å². The average molecular weight is 416 g/mol. The molecular formula is C23H37N5O2. The van der Waals surface area contributed by atoms with Crippen LogP contribution >= 0.6 is 0 Å². The van der Waals surface area contributed by atoms with Crippen LogP contribution in [-0.2, 0) is 11.3 Å². The number of amides is 2. The first-order chi connectivity index (χ1) is 14.5. The third-order valence-corrected chi connectivity index (χ3v) is 5.31. The predicted octanol–water partition coefficient (Wildman–Crippen LogP) is 2.53. The molecule has 1 fully saturated rings. The molecule has 1 aliphatic carbocycles. The molecule has 1 aromatic rings. The van der Waals surface area contributed by atoms with Gasteiger partial charge in [-0.2, -0.15) is 0 Å². The smallest absolute Gasteiger partial charge is 0.253 e. The van der Waals surface area contributed by atoms with E-state index < -0.39 is 0 Å². The van der Waals surface area contributed by atoms with Gasteiger partial charge in [-0.05, 0) is 43.4 Å². The highest BCUT2D eigenvalue weighted by molar-refractivity contribution is 5.93. The molecule has 1 saturated carbocycles. The molecule has 0 spiro atoms. The molecule has 0 atom stereocenters. The van der Waals surface area contributed by atoms with Gasteiger partial charge in [0.2, 0.25) is 5.91 Å². The zero-order chi connectivity index (χ0) is 21.8. The fraction of sp³-hybridized carbons (Fsp3) is 0.609. The van der Waals surface area contributed by atoms with Crippen LogP contribution in [0.1, 0.15) is 61.4 Å². The lowest BCUT2D eigenvalue weighted by Crippen LogP contribution is -2.41. The van der Waals surface area contributed by atoms with Crippen molar-refractivity contribution in [3.8, 4) is 0 Å². The summed E-state index contributed by atoms with van der Waals surface area (Å²) in [6.07, 6.45) is 6.86. The maximum Gasteiger partial charge on any atom is 0.253 e. The number of hydrogen-bond donors (Lipinski definition) is 3. The lowest BCUT2D eigenvalue weighted by atomic mass is 9.87. The minimum atomic E-state index is -0.00871. The van der Waals surface area contributed by atoms with E-state index in [1.165, 1.54) is 32.1 Å². The van der Waals surface area contributed by atoms with Crippen molar-refractivity contribution in [2.24, 2.45) is 10.9 Å². The van der Waals surface area contributed by atoms with Gasteiger partial charge in [0.15, 0.2) is 5.96 Å². The molecule has 1 aliphatic rings. The van der Waals surface area contributed by atoms with E-state index in [9.17, 15) is 9.59 Å². The number of benzene rings is 1. The molecule has 0 bridgehead atoms. The average Bonchev–Trinajstić information content (AvgIpc) is 2.75. The summed E-state index contributed by atoms with van der Waals surface area (Å²) in [5.74, 6) is 1.42. The number of guanidine groups is 1. The molecule has 1 aromatic carbocycles. The molecule has 0 aliphatic heterocycles. The van der Waals surface area contributed by atoms with E-state index in [0.29, 0.717) is 43.5 Å². The number of nitrogens with one attached hydrogen (secondary N) is 3. The summed E-state index contributed by atoms with van der Waals surface area (Å²) in [6, 6.07) is 7.51. The number of carbonyl (C=O) groups excluding carboxylic acids is 2. The van der Waals surface area contributed by atoms with Crippen LogP contribution in [0.25, 0.3) is 0 Å². The highest BCUT2D eigenvalue weighted by Gasteiger charge is 2.16. The van der Waals surface area contributed by atoms with Crippen LogP contribution in [0.4, 0.5) is 0 Å². The van der Waals surface area contributed by atoms with Crippen molar-refractivity contribution in [1.82, 2.24) is 20.9 Å². The molecule has 0 unspecified atom stereocenters. The third kappa shape index (κ3) is 8.43. The van der Waals surface area contributed by atoms with Gasteiger partial charge >= 0.3 is 0 Å². The second-order valence-electron chi connectivity index (χ2n) is 8.08. The molecule has 0 radical (unpaired) electrons. The molecule has 2 rings (SSSR count). The van der Waals surface area contributed by atoms with Crippen molar-refractivity contribution in [3.05, 3.63) is 35.4 Å². The van der Waals surface area contributed by atoms with Crippen LogP contribution in [0.3, 0.4) is 0 Å². The van der Waals surface area contributed by atoms with E-state index in [1.807, 2.05) is 31.2 Å². The Kier molecular flexibility index (Phi) is 10.2. The fourth-order valence-electron chi connectivity index (χ4n) is 3.63. The SMILES string of the molecule is CCNC(=NCc1ccc(C(=O)N(C)C)cc1)NCCNC(=O)CC1CCCCC1. The Hall–Kier alpha value is -2.57. The molecule has 0 heterocycles. The van der Waals surface area contributed by atoms with Gasteiger partial charge in [0, 0.05) is 45.7 Å². The number of rotatable bonds is 9. The number of carbonyl (C=O) groups is 2. The monoisotopic (exact) mass is 415 g/mol. The van der Waals surface area contributed by atoms with Gasteiger partial charge in [-0.3, -0.25) is 9.59 Å². The third-order valence-electron chi connectivity index (χ3n) is 5.31. The van der Waals surface area contributed by atoms with Crippen LogP contribution in [-0.4, -0.2) is 56.4 Å². The molecular weight excluding hydrogens is 378 g/mol. The van der Waals surface area contributed by atoms with Crippen LogP contribution < -0.4 is 16.0 Å². The van der Waals surface area contributed by atoms with E-state index in [-0.39, 0.29) is 11.8 Å². The van der Waals surface area contributed by atoms with E-state index in [4.69, 9.17) is 0 Å². The minimum absolute atomic E-state index is 0.00871. The Morgan fingerprint density at radius 1 is 1.00 bits per heavy atom. The molecule has 0 aromatic heterocycles. The Morgan fingerprint density at radius 3 is 2.30 bits per heavy atom. The summed E-state index contributed by atoms with van der Waals surface area (Å²) in [5.41, 5.74) is 1.70. The van der Waals surface area contributed by atoms with Crippen LogP contribution in [0.2, 0.25) is 0 Å². The molecule has 0 saturated heterocycles. The van der Waals surface area contributed by atoms with Gasteiger partial charge in [-0.15, -0.1) is 0 Å². The maximum atomic E-state index is 12.1. The van der Waals surface area contributed by atoms with E-state index in [0.717, 1.165) is 12.1 Å². The van der Waals surface area contributed by atoms with Crippen LogP contribution in [0, 0.1) is 5.92 Å². The Labute approximate surface area is 180 Å². The van der Waals surface area contributed by atoms with Gasteiger partial charge < -0.3 is 20.9 Å². The van der Waals surface area contributed by atoms with Gasteiger partial charge in [0.25, 0.3) is 5.91 Å².